The van der Waals surface area contributed by atoms with Gasteiger partial charge in [-0.05, 0) is 17.0 Å². The molecule has 0 spiro atoms. The van der Waals surface area contributed by atoms with Gasteiger partial charge in [0.1, 0.15) is 0 Å². The van der Waals surface area contributed by atoms with E-state index < -0.39 is 0 Å². The molecule has 10 heavy (non-hydrogen) atoms. The van der Waals surface area contributed by atoms with Gasteiger partial charge in [0.2, 0.25) is 0 Å². The first-order chi connectivity index (χ1) is 4.47. The first-order valence-electron chi connectivity index (χ1n) is 2.89. The van der Waals surface area contributed by atoms with Crippen LogP contribution in [0.25, 0.3) is 10.4 Å². The fourth-order valence-electron chi connectivity index (χ4n) is 0.918. The van der Waals surface area contributed by atoms with Crippen LogP contribution in [0.5, 0.6) is 0 Å². The maximum atomic E-state index is 2.14. The zero-order valence-electron chi connectivity index (χ0n) is 6.87. The molecule has 0 radical (unpaired) electrons. The third kappa shape index (κ3) is 1.27. The van der Waals surface area contributed by atoms with Gasteiger partial charge < -0.3 is 1.43 Å². The van der Waals surface area contributed by atoms with Crippen molar-refractivity contribution in [1.29, 1.82) is 0 Å². The Balaban J connectivity index is 0.000000500. The van der Waals surface area contributed by atoms with Crippen LogP contribution >= 0.6 is 11.3 Å². The maximum Gasteiger partial charge on any atom is 1.00 e. The second-order valence-corrected chi connectivity index (χ2v) is 2.91. The topological polar surface area (TPSA) is 0 Å². The van der Waals surface area contributed by atoms with Gasteiger partial charge in [0.15, 0.2) is 0 Å². The third-order valence-corrected chi connectivity index (χ3v) is 2.28. The minimum absolute atomic E-state index is 0. The van der Waals surface area contributed by atoms with Crippen molar-refractivity contribution in [3.63, 3.8) is 0 Å². The largest absolute Gasteiger partial charge is 1.00 e. The van der Waals surface area contributed by atoms with E-state index in [4.69, 9.17) is 0 Å². The predicted molar refractivity (Wildman–Crippen MR) is 42.1 cm³/mol. The molecule has 2 rings (SSSR count). The second kappa shape index (κ2) is 3.25. The number of hydrogen-bond donors (Lipinski definition) is 0. The number of fused-ring (bicyclic) bond motifs is 1. The standard InChI is InChI=1S/C8H6S.Li.H/c1-3-7-4-2-6-9-8(7)5-1;;/h1-6H;;/q;+1;-1. The number of hydrogen-bond acceptors (Lipinski definition) is 1. The van der Waals surface area contributed by atoms with E-state index in [2.05, 4.69) is 35.7 Å². The smallest absolute Gasteiger partial charge is 1.00 e. The van der Waals surface area contributed by atoms with Crippen molar-refractivity contribution in [1.82, 2.24) is 0 Å². The molecule has 0 aromatic rings. The Morgan fingerprint density at radius 1 is 1.10 bits per heavy atom. The Hall–Kier alpha value is -0.223. The van der Waals surface area contributed by atoms with E-state index in [0.29, 0.717) is 0 Å². The van der Waals surface area contributed by atoms with E-state index in [1.54, 1.807) is 11.3 Å². The molecule has 1 aliphatic carbocycles. The molecule has 1 heterocycles. The fourth-order valence-corrected chi connectivity index (χ4v) is 1.65. The van der Waals surface area contributed by atoms with Gasteiger partial charge in [0, 0.05) is 4.88 Å². The molecule has 0 saturated heterocycles. The molecule has 2 heteroatoms. The summed E-state index contributed by atoms with van der Waals surface area (Å²) in [5.41, 5.74) is 1.35. The molecule has 0 aromatic heterocycles. The average Bonchev–Trinajstić information content (AvgIpc) is 2.33. The normalized spacial score (nSPS) is 9.20. The van der Waals surface area contributed by atoms with E-state index in [1.165, 1.54) is 10.4 Å². The van der Waals surface area contributed by atoms with Crippen molar-refractivity contribution in [3.8, 4) is 10.4 Å². The summed E-state index contributed by atoms with van der Waals surface area (Å²) in [6, 6.07) is 10.6. The van der Waals surface area contributed by atoms with Gasteiger partial charge in [-0.3, -0.25) is 0 Å². The molecular weight excluding hydrogens is 135 g/mol. The predicted octanol–water partition coefficient (Wildman–Crippen LogP) is -0.0306. The molecule has 0 bridgehead atoms. The van der Waals surface area contributed by atoms with Crippen LogP contribution in [0.4, 0.5) is 0 Å². The quantitative estimate of drug-likeness (QED) is 0.453. The Labute approximate surface area is 77.9 Å². The summed E-state index contributed by atoms with van der Waals surface area (Å²) in [5, 5.41) is 2.10. The van der Waals surface area contributed by atoms with Crippen molar-refractivity contribution in [3.05, 3.63) is 35.7 Å². The fraction of sp³-hybridized carbons (Fsp3) is 0. The second-order valence-electron chi connectivity index (χ2n) is 1.96. The van der Waals surface area contributed by atoms with Crippen molar-refractivity contribution in [2.45, 2.75) is 0 Å². The van der Waals surface area contributed by atoms with E-state index in [9.17, 15) is 0 Å². The van der Waals surface area contributed by atoms with Gasteiger partial charge in [-0.2, -0.15) is 0 Å². The average molecular weight is 142 g/mol. The van der Waals surface area contributed by atoms with Crippen LogP contribution in [-0.2, 0) is 0 Å². The van der Waals surface area contributed by atoms with Crippen LogP contribution in [-0.4, -0.2) is 0 Å². The van der Waals surface area contributed by atoms with Crippen LogP contribution in [0.3, 0.4) is 0 Å². The minimum Gasteiger partial charge on any atom is -1.00 e. The molecule has 46 valence electrons. The third-order valence-electron chi connectivity index (χ3n) is 1.36. The van der Waals surface area contributed by atoms with Gasteiger partial charge in [0.25, 0.3) is 0 Å². The Morgan fingerprint density at radius 3 is 2.70 bits per heavy atom. The monoisotopic (exact) mass is 142 g/mol. The van der Waals surface area contributed by atoms with Gasteiger partial charge in [0.05, 0.1) is 0 Å². The molecule has 0 aromatic carbocycles. The van der Waals surface area contributed by atoms with Crippen LogP contribution < -0.4 is 18.9 Å². The first kappa shape index (κ1) is 7.88. The summed E-state index contributed by atoms with van der Waals surface area (Å²) in [4.78, 5) is 1.37. The van der Waals surface area contributed by atoms with Crippen molar-refractivity contribution in [2.24, 2.45) is 0 Å². The van der Waals surface area contributed by atoms with E-state index in [0.717, 1.165) is 0 Å². The Bertz CT molecular complexity index is 254. The summed E-state index contributed by atoms with van der Waals surface area (Å²) in [6.45, 7) is 0. The molecule has 0 nitrogen and oxygen atoms in total. The molecule has 0 fully saturated rings. The molecule has 0 N–H and O–H groups in total. The van der Waals surface area contributed by atoms with Crippen molar-refractivity contribution < 1.29 is 20.3 Å². The summed E-state index contributed by atoms with van der Waals surface area (Å²) in [7, 11) is 0. The van der Waals surface area contributed by atoms with Crippen LogP contribution in [0.2, 0.25) is 0 Å². The van der Waals surface area contributed by atoms with Crippen molar-refractivity contribution in [2.75, 3.05) is 0 Å². The summed E-state index contributed by atoms with van der Waals surface area (Å²) >= 11 is 1.78. The van der Waals surface area contributed by atoms with E-state index >= 15 is 0 Å². The summed E-state index contributed by atoms with van der Waals surface area (Å²) < 4.78 is 0. The SMILES string of the molecule is [H-].[Li+].c1csc2cccc-2c1. The van der Waals surface area contributed by atoms with E-state index in [1.807, 2.05) is 0 Å². The zero-order chi connectivity index (χ0) is 6.10. The van der Waals surface area contributed by atoms with E-state index in [-0.39, 0.29) is 20.3 Å². The summed E-state index contributed by atoms with van der Waals surface area (Å²) in [6.07, 6.45) is 0. The molecule has 2 aliphatic rings. The number of rotatable bonds is 0. The van der Waals surface area contributed by atoms with Crippen LogP contribution in [0.15, 0.2) is 35.7 Å². The first-order valence-corrected chi connectivity index (χ1v) is 3.77. The minimum atomic E-state index is 0. The maximum absolute atomic E-state index is 2.14. The molecule has 1 aliphatic heterocycles. The van der Waals surface area contributed by atoms with Crippen molar-refractivity contribution >= 4 is 11.3 Å². The Morgan fingerprint density at radius 2 is 1.90 bits per heavy atom. The molecule has 0 saturated carbocycles. The Kier molecular flexibility index (Phi) is 2.56. The molecule has 0 amide bonds. The van der Waals surface area contributed by atoms with Crippen LogP contribution in [0, 0.1) is 0 Å². The van der Waals surface area contributed by atoms with Crippen LogP contribution in [0.1, 0.15) is 1.43 Å². The van der Waals surface area contributed by atoms with Gasteiger partial charge >= 0.3 is 18.9 Å². The van der Waals surface area contributed by atoms with Gasteiger partial charge in [-0.25, -0.2) is 0 Å². The molecule has 0 atom stereocenters. The summed E-state index contributed by atoms with van der Waals surface area (Å²) in [5.74, 6) is 0. The van der Waals surface area contributed by atoms with Gasteiger partial charge in [-0.1, -0.05) is 24.3 Å². The van der Waals surface area contributed by atoms with Gasteiger partial charge in [-0.15, -0.1) is 11.3 Å². The zero-order valence-corrected chi connectivity index (χ0v) is 6.69. The molecular formula is C8H7LiS. The molecule has 0 unspecified atom stereocenters.